The highest BCUT2D eigenvalue weighted by Crippen LogP contribution is 2.39. The number of carbonyl (C=O) groups excluding carboxylic acids is 1. The summed E-state index contributed by atoms with van der Waals surface area (Å²) < 4.78 is 14.7. The van der Waals surface area contributed by atoms with Crippen molar-refractivity contribution in [2.24, 2.45) is 7.05 Å². The summed E-state index contributed by atoms with van der Waals surface area (Å²) in [6.07, 6.45) is 8.36. The number of ether oxygens (including phenoxy) is 2. The average molecular weight is 645 g/mol. The summed E-state index contributed by atoms with van der Waals surface area (Å²) in [5.41, 5.74) is 7.15. The van der Waals surface area contributed by atoms with Crippen LogP contribution in [0.15, 0.2) is 90.4 Å². The van der Waals surface area contributed by atoms with E-state index in [1.807, 2.05) is 43.3 Å². The summed E-state index contributed by atoms with van der Waals surface area (Å²) in [7, 11) is 1.64. The maximum Gasteiger partial charge on any atom is 0.350 e. The van der Waals surface area contributed by atoms with E-state index in [0.717, 1.165) is 65.1 Å². The van der Waals surface area contributed by atoms with Gasteiger partial charge in [-0.3, -0.25) is 14.8 Å². The summed E-state index contributed by atoms with van der Waals surface area (Å²) in [4.78, 5) is 41.2. The van der Waals surface area contributed by atoms with Gasteiger partial charge in [-0.1, -0.05) is 18.2 Å². The minimum Gasteiger partial charge on any atom is -0.371 e. The quantitative estimate of drug-likeness (QED) is 0.260. The van der Waals surface area contributed by atoms with Gasteiger partial charge < -0.3 is 14.4 Å². The SMILES string of the molecule is Cc1c(-c2ccc(-n3cnn(C)c3=O)cc2-c2ccc(N3CCC4(CC3)OCCO4)cc2)ccnc1N1CCN(c2cccnc2)C1=O. The van der Waals surface area contributed by atoms with E-state index in [1.165, 1.54) is 11.0 Å². The number of benzene rings is 2. The lowest BCUT2D eigenvalue weighted by Gasteiger charge is -2.38. The highest BCUT2D eigenvalue weighted by Gasteiger charge is 2.40. The van der Waals surface area contributed by atoms with Crippen LogP contribution in [0.5, 0.6) is 0 Å². The molecule has 48 heavy (non-hydrogen) atoms. The van der Waals surface area contributed by atoms with Crippen molar-refractivity contribution in [3.63, 3.8) is 0 Å². The molecule has 244 valence electrons. The van der Waals surface area contributed by atoms with Gasteiger partial charge in [-0.2, -0.15) is 5.10 Å². The number of urea groups is 1. The van der Waals surface area contributed by atoms with Crippen molar-refractivity contribution in [2.45, 2.75) is 25.6 Å². The van der Waals surface area contributed by atoms with Gasteiger partial charge in [0.05, 0.1) is 30.8 Å². The molecule has 0 radical (unpaired) electrons. The molecule has 12 heteroatoms. The van der Waals surface area contributed by atoms with Crippen molar-refractivity contribution in [1.29, 1.82) is 0 Å². The van der Waals surface area contributed by atoms with Gasteiger partial charge in [0, 0.05) is 64.1 Å². The maximum atomic E-state index is 13.6. The topological polar surface area (TPSA) is 111 Å². The van der Waals surface area contributed by atoms with E-state index >= 15 is 0 Å². The normalized spacial score (nSPS) is 17.5. The number of nitrogens with zero attached hydrogens (tertiary/aromatic N) is 8. The molecule has 3 aliphatic rings. The molecule has 0 N–H and O–H groups in total. The molecule has 0 unspecified atom stereocenters. The third-order valence-corrected chi connectivity index (χ3v) is 9.68. The molecule has 2 aromatic carbocycles. The number of pyridine rings is 2. The van der Waals surface area contributed by atoms with E-state index in [2.05, 4.69) is 44.2 Å². The Kier molecular flexibility index (Phi) is 7.53. The van der Waals surface area contributed by atoms with Crippen molar-refractivity contribution in [3.8, 4) is 27.9 Å². The van der Waals surface area contributed by atoms with Gasteiger partial charge in [-0.15, -0.1) is 0 Å². The van der Waals surface area contributed by atoms with E-state index in [4.69, 9.17) is 9.47 Å². The average Bonchev–Trinajstić information content (AvgIpc) is 3.84. The first-order valence-corrected chi connectivity index (χ1v) is 16.2. The molecule has 0 saturated carbocycles. The second-order valence-electron chi connectivity index (χ2n) is 12.4. The van der Waals surface area contributed by atoms with Crippen LogP contribution in [0.4, 0.5) is 22.0 Å². The summed E-state index contributed by atoms with van der Waals surface area (Å²) >= 11 is 0. The standard InChI is InChI=1S/C36H36N8O4/c1-25-30(11-15-38-33(25)43-19-18-42(35(43)46)29-4-3-14-37-23-29)31-10-9-28(44-24-39-40(2)34(44)45)22-32(31)26-5-7-27(8-6-26)41-16-12-36(13-17-41)47-20-21-48-36/h3-11,14-15,22-24H,12-13,16-21H2,1-2H3. The van der Waals surface area contributed by atoms with Crippen molar-refractivity contribution in [3.05, 3.63) is 102 Å². The number of rotatable bonds is 6. The number of hydrogen-bond acceptors (Lipinski definition) is 8. The van der Waals surface area contributed by atoms with E-state index in [0.29, 0.717) is 37.8 Å². The molecule has 0 aliphatic carbocycles. The fourth-order valence-electron chi connectivity index (χ4n) is 7.03. The van der Waals surface area contributed by atoms with Gasteiger partial charge >= 0.3 is 11.7 Å². The van der Waals surface area contributed by atoms with Gasteiger partial charge in [0.1, 0.15) is 12.1 Å². The van der Waals surface area contributed by atoms with E-state index < -0.39 is 5.79 Å². The zero-order valence-electron chi connectivity index (χ0n) is 27.0. The zero-order valence-corrected chi connectivity index (χ0v) is 27.0. The molecule has 8 rings (SSSR count). The monoisotopic (exact) mass is 644 g/mol. The number of hydrogen-bond donors (Lipinski definition) is 0. The minimum atomic E-state index is -0.422. The van der Waals surface area contributed by atoms with E-state index in [1.54, 1.807) is 40.0 Å². The molecule has 5 aromatic rings. The second kappa shape index (κ2) is 12.0. The summed E-state index contributed by atoms with van der Waals surface area (Å²) in [6, 6.07) is 20.1. The lowest BCUT2D eigenvalue weighted by molar-refractivity contribution is -0.169. The van der Waals surface area contributed by atoms with Crippen LogP contribution in [0.3, 0.4) is 0 Å². The third kappa shape index (κ3) is 5.23. The van der Waals surface area contributed by atoms with Crippen molar-refractivity contribution in [1.82, 2.24) is 24.3 Å². The lowest BCUT2D eigenvalue weighted by Crippen LogP contribution is -2.45. The summed E-state index contributed by atoms with van der Waals surface area (Å²) in [5.74, 6) is 0.199. The number of aromatic nitrogens is 5. The molecule has 12 nitrogen and oxygen atoms in total. The zero-order chi connectivity index (χ0) is 32.8. The molecule has 0 atom stereocenters. The fraction of sp³-hybridized carbons (Fsp3) is 0.306. The Morgan fingerprint density at radius 3 is 2.23 bits per heavy atom. The Hall–Kier alpha value is -5.33. The van der Waals surface area contributed by atoms with Gasteiger partial charge in [-0.25, -0.2) is 23.8 Å². The molecular formula is C36H36N8O4. The largest absolute Gasteiger partial charge is 0.371 e. The van der Waals surface area contributed by atoms with Crippen LogP contribution in [0.1, 0.15) is 18.4 Å². The predicted octanol–water partition coefficient (Wildman–Crippen LogP) is 4.79. The van der Waals surface area contributed by atoms with E-state index in [9.17, 15) is 9.59 Å². The van der Waals surface area contributed by atoms with Gasteiger partial charge in [-0.05, 0) is 77.2 Å². The van der Waals surface area contributed by atoms with Gasteiger partial charge in [0.15, 0.2) is 5.79 Å². The Morgan fingerprint density at radius 1 is 0.771 bits per heavy atom. The second-order valence-corrected chi connectivity index (χ2v) is 12.4. The van der Waals surface area contributed by atoms with Crippen LogP contribution < -0.4 is 20.4 Å². The van der Waals surface area contributed by atoms with Crippen LogP contribution >= 0.6 is 0 Å². The van der Waals surface area contributed by atoms with Crippen molar-refractivity contribution < 1.29 is 14.3 Å². The van der Waals surface area contributed by atoms with Crippen LogP contribution in [0.25, 0.3) is 27.9 Å². The van der Waals surface area contributed by atoms with Crippen LogP contribution in [0, 0.1) is 6.92 Å². The number of piperidine rings is 1. The summed E-state index contributed by atoms with van der Waals surface area (Å²) in [6.45, 7) is 6.10. The van der Waals surface area contributed by atoms with Crippen LogP contribution in [-0.2, 0) is 16.5 Å². The fourth-order valence-corrected chi connectivity index (χ4v) is 7.03. The van der Waals surface area contributed by atoms with Crippen molar-refractivity contribution in [2.75, 3.05) is 54.1 Å². The van der Waals surface area contributed by atoms with E-state index in [-0.39, 0.29) is 11.7 Å². The Labute approximate surface area is 277 Å². The first kappa shape index (κ1) is 30.0. The number of aryl methyl sites for hydroxylation is 1. The Balaban J connectivity index is 1.15. The molecular weight excluding hydrogens is 608 g/mol. The summed E-state index contributed by atoms with van der Waals surface area (Å²) in [5, 5.41) is 4.16. The first-order chi connectivity index (χ1) is 23.4. The first-order valence-electron chi connectivity index (χ1n) is 16.2. The van der Waals surface area contributed by atoms with Gasteiger partial charge in [0.25, 0.3) is 0 Å². The minimum absolute atomic E-state index is 0.132. The van der Waals surface area contributed by atoms with Crippen LogP contribution in [-0.4, -0.2) is 75.5 Å². The number of amides is 2. The van der Waals surface area contributed by atoms with Crippen LogP contribution in [0.2, 0.25) is 0 Å². The smallest absolute Gasteiger partial charge is 0.350 e. The van der Waals surface area contributed by atoms with Crippen molar-refractivity contribution >= 4 is 23.2 Å². The molecule has 3 fully saturated rings. The molecule has 6 heterocycles. The molecule has 1 spiro atoms. The molecule has 3 aliphatic heterocycles. The number of anilines is 3. The highest BCUT2D eigenvalue weighted by atomic mass is 16.7. The number of carbonyl (C=O) groups is 1. The molecule has 2 amide bonds. The predicted molar refractivity (Wildman–Crippen MR) is 183 cm³/mol. The third-order valence-electron chi connectivity index (χ3n) is 9.68. The molecule has 3 aromatic heterocycles. The molecule has 0 bridgehead atoms. The Morgan fingerprint density at radius 2 is 1.52 bits per heavy atom. The lowest BCUT2D eigenvalue weighted by atomic mass is 9.91. The maximum absolute atomic E-state index is 13.6. The Bertz CT molecular complexity index is 2030. The van der Waals surface area contributed by atoms with Gasteiger partial charge in [0.2, 0.25) is 0 Å². The molecule has 3 saturated heterocycles. The highest BCUT2D eigenvalue weighted by molar-refractivity contribution is 6.06.